The molecule has 2 rings (SSSR count). The van der Waals surface area contributed by atoms with Crippen molar-refractivity contribution in [3.63, 3.8) is 0 Å². The fraction of sp³-hybridized carbons (Fsp3) is 0.529. The maximum Gasteiger partial charge on any atom is 0.313 e. The number of ether oxygens (including phenoxy) is 1. The van der Waals surface area contributed by atoms with Gasteiger partial charge >= 0.3 is 5.97 Å². The summed E-state index contributed by atoms with van der Waals surface area (Å²) in [6.07, 6.45) is 2.67. The number of esters is 1. The Kier molecular flexibility index (Phi) is 5.19. The van der Waals surface area contributed by atoms with E-state index in [9.17, 15) is 10.1 Å². The monoisotopic (exact) mass is 301 g/mol. The van der Waals surface area contributed by atoms with Gasteiger partial charge in [0.05, 0.1) is 17.4 Å². The lowest BCUT2D eigenvalue weighted by molar-refractivity contribution is -0.157. The van der Waals surface area contributed by atoms with Crippen molar-refractivity contribution >= 4 is 15.5 Å². The Bertz CT molecular complexity index is 517. The zero-order valence-electron chi connectivity index (χ0n) is 12.8. The maximum atomic E-state index is 12.3. The molecule has 1 saturated carbocycles. The van der Waals surface area contributed by atoms with Gasteiger partial charge in [0.25, 0.3) is 0 Å². The Morgan fingerprint density at radius 2 is 2.10 bits per heavy atom. The summed E-state index contributed by atoms with van der Waals surface area (Å²) in [5.74, 6) is -0.476. The van der Waals surface area contributed by atoms with Gasteiger partial charge < -0.3 is 4.74 Å². The van der Waals surface area contributed by atoms with Crippen LogP contribution in [-0.4, -0.2) is 15.5 Å². The van der Waals surface area contributed by atoms with Crippen molar-refractivity contribution in [3.8, 4) is 6.07 Å². The Morgan fingerprint density at radius 3 is 2.67 bits per heavy atom. The first-order chi connectivity index (χ1) is 10.0. The highest BCUT2D eigenvalue weighted by Gasteiger charge is 2.39. The highest BCUT2D eigenvalue weighted by molar-refractivity contribution is 6.39. The SMILES string of the molecule is CC(C)(C(=O)OCc1ccccc1)C(C#N)C[SiH2]C1CC1. The van der Waals surface area contributed by atoms with Gasteiger partial charge in [-0.25, -0.2) is 0 Å². The van der Waals surface area contributed by atoms with Gasteiger partial charge in [-0.15, -0.1) is 0 Å². The van der Waals surface area contributed by atoms with Crippen LogP contribution >= 0.6 is 0 Å². The highest BCUT2D eigenvalue weighted by Crippen LogP contribution is 2.39. The largest absolute Gasteiger partial charge is 0.460 e. The quantitative estimate of drug-likeness (QED) is 0.574. The molecular formula is C17H23NO2Si. The minimum atomic E-state index is -0.717. The maximum absolute atomic E-state index is 12.3. The van der Waals surface area contributed by atoms with Crippen LogP contribution in [0.25, 0.3) is 0 Å². The van der Waals surface area contributed by atoms with Gasteiger partial charge in [-0.3, -0.25) is 4.79 Å². The Morgan fingerprint density at radius 1 is 1.43 bits per heavy atom. The molecule has 21 heavy (non-hydrogen) atoms. The predicted molar refractivity (Wildman–Crippen MR) is 85.5 cm³/mol. The summed E-state index contributed by atoms with van der Waals surface area (Å²) in [7, 11) is -0.208. The molecule has 1 aliphatic carbocycles. The average Bonchev–Trinajstić information content (AvgIpc) is 3.30. The standard InChI is InChI=1S/C17H23NO2Si/c1-17(2,14(10-18)12-21-15-8-9-15)16(19)20-11-13-6-4-3-5-7-13/h3-7,14-15H,8-9,11-12,21H2,1-2H3. The van der Waals surface area contributed by atoms with E-state index < -0.39 is 5.41 Å². The second-order valence-electron chi connectivity index (χ2n) is 6.49. The first-order valence-electron chi connectivity index (χ1n) is 7.65. The minimum absolute atomic E-state index is 0.208. The highest BCUT2D eigenvalue weighted by atomic mass is 28.2. The van der Waals surface area contributed by atoms with Gasteiger partial charge in [-0.05, 0) is 25.5 Å². The fourth-order valence-corrected chi connectivity index (χ4v) is 4.92. The summed E-state index contributed by atoms with van der Waals surface area (Å²) in [5, 5.41) is 9.39. The molecule has 1 aromatic carbocycles. The van der Waals surface area contributed by atoms with Gasteiger partial charge in [0.1, 0.15) is 6.61 Å². The minimum Gasteiger partial charge on any atom is -0.460 e. The molecule has 1 fully saturated rings. The predicted octanol–water partition coefficient (Wildman–Crippen LogP) is 3.07. The van der Waals surface area contributed by atoms with Crippen LogP contribution in [0.3, 0.4) is 0 Å². The Hall–Kier alpha value is -1.60. The normalized spacial score (nSPS) is 16.6. The molecule has 4 heteroatoms. The third-order valence-corrected chi connectivity index (χ3v) is 6.87. The van der Waals surface area contributed by atoms with Crippen LogP contribution in [0, 0.1) is 22.7 Å². The Labute approximate surface area is 129 Å². The first kappa shape index (κ1) is 15.8. The summed E-state index contributed by atoms with van der Waals surface area (Å²) in [6, 6.07) is 12.9. The van der Waals surface area contributed by atoms with E-state index in [2.05, 4.69) is 6.07 Å². The van der Waals surface area contributed by atoms with E-state index in [1.165, 1.54) is 12.8 Å². The lowest BCUT2D eigenvalue weighted by Crippen LogP contribution is -2.34. The van der Waals surface area contributed by atoms with Crippen LogP contribution < -0.4 is 0 Å². The van der Waals surface area contributed by atoms with E-state index in [1.54, 1.807) is 0 Å². The zero-order chi connectivity index (χ0) is 15.3. The number of benzene rings is 1. The molecular weight excluding hydrogens is 278 g/mol. The number of carbonyl (C=O) groups is 1. The van der Waals surface area contributed by atoms with Crippen molar-refractivity contribution in [1.29, 1.82) is 5.26 Å². The summed E-state index contributed by atoms with van der Waals surface area (Å²) < 4.78 is 5.42. The van der Waals surface area contributed by atoms with Crippen molar-refractivity contribution in [2.75, 3.05) is 0 Å². The molecule has 1 unspecified atom stereocenters. The third kappa shape index (κ3) is 4.43. The van der Waals surface area contributed by atoms with E-state index in [0.717, 1.165) is 17.1 Å². The van der Waals surface area contributed by atoms with Gasteiger partial charge in [0, 0.05) is 9.52 Å². The molecule has 0 saturated heterocycles. The number of hydrogen-bond acceptors (Lipinski definition) is 3. The van der Waals surface area contributed by atoms with Crippen LogP contribution in [-0.2, 0) is 16.1 Å². The molecule has 1 aliphatic rings. The van der Waals surface area contributed by atoms with Crippen LogP contribution in [0.4, 0.5) is 0 Å². The molecule has 0 heterocycles. The molecule has 3 nitrogen and oxygen atoms in total. The molecule has 1 atom stereocenters. The lowest BCUT2D eigenvalue weighted by atomic mass is 9.81. The molecule has 0 N–H and O–H groups in total. The van der Waals surface area contributed by atoms with Crippen molar-refractivity contribution in [3.05, 3.63) is 35.9 Å². The summed E-state index contributed by atoms with van der Waals surface area (Å²) >= 11 is 0. The average molecular weight is 301 g/mol. The smallest absolute Gasteiger partial charge is 0.313 e. The molecule has 0 radical (unpaired) electrons. The zero-order valence-corrected chi connectivity index (χ0v) is 14.3. The number of nitrogens with zero attached hydrogens (tertiary/aromatic N) is 1. The van der Waals surface area contributed by atoms with E-state index in [0.29, 0.717) is 0 Å². The van der Waals surface area contributed by atoms with Crippen molar-refractivity contribution < 1.29 is 9.53 Å². The summed E-state index contributed by atoms with van der Waals surface area (Å²) in [6.45, 7) is 3.96. The molecule has 112 valence electrons. The molecule has 0 aromatic heterocycles. The van der Waals surface area contributed by atoms with Crippen molar-refractivity contribution in [2.45, 2.75) is 44.9 Å². The van der Waals surface area contributed by atoms with E-state index in [4.69, 9.17) is 4.74 Å². The van der Waals surface area contributed by atoms with Crippen LogP contribution in [0.2, 0.25) is 11.6 Å². The second-order valence-corrected chi connectivity index (χ2v) is 8.80. The van der Waals surface area contributed by atoms with E-state index in [1.807, 2.05) is 44.2 Å². The lowest BCUT2D eigenvalue weighted by Gasteiger charge is -2.27. The van der Waals surface area contributed by atoms with Crippen molar-refractivity contribution in [2.24, 2.45) is 11.3 Å². The number of nitriles is 1. The number of rotatable bonds is 7. The Balaban J connectivity index is 1.89. The van der Waals surface area contributed by atoms with Crippen molar-refractivity contribution in [1.82, 2.24) is 0 Å². The molecule has 0 bridgehead atoms. The first-order valence-corrected chi connectivity index (χ1v) is 9.46. The fourth-order valence-electron chi connectivity index (χ4n) is 2.45. The molecule has 0 aliphatic heterocycles. The van der Waals surface area contributed by atoms with Gasteiger partial charge in [-0.2, -0.15) is 5.26 Å². The van der Waals surface area contributed by atoms with E-state index in [-0.39, 0.29) is 28.0 Å². The number of hydrogen-bond donors (Lipinski definition) is 0. The summed E-state index contributed by atoms with van der Waals surface area (Å²) in [5.41, 5.74) is 1.17. The number of carbonyl (C=O) groups excluding carboxylic acids is 1. The molecule has 0 spiro atoms. The topological polar surface area (TPSA) is 50.1 Å². The van der Waals surface area contributed by atoms with Gasteiger partial charge in [-0.1, -0.05) is 48.7 Å². The van der Waals surface area contributed by atoms with E-state index >= 15 is 0 Å². The van der Waals surface area contributed by atoms with Crippen LogP contribution in [0.5, 0.6) is 0 Å². The second kappa shape index (κ2) is 6.90. The molecule has 1 aromatic rings. The van der Waals surface area contributed by atoms with Gasteiger partial charge in [0.15, 0.2) is 0 Å². The van der Waals surface area contributed by atoms with Gasteiger partial charge in [0.2, 0.25) is 0 Å². The van der Waals surface area contributed by atoms with Crippen LogP contribution in [0.1, 0.15) is 32.3 Å². The van der Waals surface area contributed by atoms with Crippen LogP contribution in [0.15, 0.2) is 30.3 Å². The summed E-state index contributed by atoms with van der Waals surface area (Å²) in [4.78, 5) is 12.3. The molecule has 0 amide bonds. The third-order valence-electron chi connectivity index (χ3n) is 4.33.